The first-order valence-electron chi connectivity index (χ1n) is 5.53. The summed E-state index contributed by atoms with van der Waals surface area (Å²) in [6.45, 7) is 4.49. The van der Waals surface area contributed by atoms with Crippen molar-refractivity contribution in [3.05, 3.63) is 42.1 Å². The van der Waals surface area contributed by atoms with Crippen LogP contribution in [0.25, 0.3) is 20.3 Å². The van der Waals surface area contributed by atoms with Gasteiger partial charge in [-0.25, -0.2) is 0 Å². The van der Waals surface area contributed by atoms with E-state index in [1.807, 2.05) is 23.6 Å². The van der Waals surface area contributed by atoms with Crippen molar-refractivity contribution in [1.82, 2.24) is 4.98 Å². The van der Waals surface area contributed by atoms with E-state index in [0.717, 1.165) is 5.52 Å². The summed E-state index contributed by atoms with van der Waals surface area (Å²) in [5.41, 5.74) is 2.57. The minimum absolute atomic E-state index is 0.566. The molecule has 3 rings (SSSR count). The standard InChI is InChI=1S/C14H13NS/c1-9(2)10-5-3-6-11-13-12(16-14(10)11)7-4-8-15-13/h3-9H,1-2H3. The molecule has 0 atom stereocenters. The average Bonchev–Trinajstić information content (AvgIpc) is 2.67. The van der Waals surface area contributed by atoms with Crippen molar-refractivity contribution >= 4 is 31.6 Å². The van der Waals surface area contributed by atoms with Crippen LogP contribution in [0.5, 0.6) is 0 Å². The highest BCUT2D eigenvalue weighted by atomic mass is 32.1. The van der Waals surface area contributed by atoms with Crippen molar-refractivity contribution in [3.8, 4) is 0 Å². The molecule has 0 amide bonds. The average molecular weight is 227 g/mol. The quantitative estimate of drug-likeness (QED) is 0.593. The SMILES string of the molecule is CC(C)c1cccc2c1sc1cccnc12. The lowest BCUT2D eigenvalue weighted by molar-refractivity contribution is 0.878. The minimum atomic E-state index is 0.566. The summed E-state index contributed by atoms with van der Waals surface area (Å²) in [4.78, 5) is 4.48. The van der Waals surface area contributed by atoms with E-state index < -0.39 is 0 Å². The monoisotopic (exact) mass is 227 g/mol. The third kappa shape index (κ3) is 1.34. The molecule has 0 radical (unpaired) electrons. The number of fused-ring (bicyclic) bond motifs is 3. The first-order chi connectivity index (χ1) is 7.77. The molecule has 1 aromatic carbocycles. The highest BCUT2D eigenvalue weighted by Gasteiger charge is 2.10. The number of benzene rings is 1. The number of hydrogen-bond donors (Lipinski definition) is 0. The second-order valence-electron chi connectivity index (χ2n) is 4.33. The molecule has 2 heterocycles. The van der Waals surface area contributed by atoms with Crippen molar-refractivity contribution < 1.29 is 0 Å². The van der Waals surface area contributed by atoms with Crippen LogP contribution in [-0.2, 0) is 0 Å². The molecule has 80 valence electrons. The first kappa shape index (κ1) is 9.79. The van der Waals surface area contributed by atoms with Crippen LogP contribution in [0.1, 0.15) is 25.3 Å². The summed E-state index contributed by atoms with van der Waals surface area (Å²) in [6, 6.07) is 10.7. The molecule has 0 aliphatic rings. The molecule has 0 spiro atoms. The van der Waals surface area contributed by atoms with E-state index in [2.05, 4.69) is 43.1 Å². The van der Waals surface area contributed by atoms with Gasteiger partial charge in [-0.1, -0.05) is 32.0 Å². The second-order valence-corrected chi connectivity index (χ2v) is 5.38. The van der Waals surface area contributed by atoms with Crippen LogP contribution in [-0.4, -0.2) is 4.98 Å². The Kier molecular flexibility index (Phi) is 2.18. The van der Waals surface area contributed by atoms with Gasteiger partial charge in [0.2, 0.25) is 0 Å². The smallest absolute Gasteiger partial charge is 0.0888 e. The van der Waals surface area contributed by atoms with Gasteiger partial charge in [0.1, 0.15) is 0 Å². The van der Waals surface area contributed by atoms with E-state index in [1.165, 1.54) is 20.3 Å². The van der Waals surface area contributed by atoms with Crippen molar-refractivity contribution in [2.75, 3.05) is 0 Å². The lowest BCUT2D eigenvalue weighted by Crippen LogP contribution is -1.85. The van der Waals surface area contributed by atoms with Gasteiger partial charge in [-0.15, -0.1) is 11.3 Å². The Morgan fingerprint density at radius 3 is 2.81 bits per heavy atom. The first-order valence-corrected chi connectivity index (χ1v) is 6.35. The molecule has 3 aromatic rings. The maximum atomic E-state index is 4.48. The van der Waals surface area contributed by atoms with Gasteiger partial charge >= 0.3 is 0 Å². The lowest BCUT2D eigenvalue weighted by Gasteiger charge is -2.05. The van der Waals surface area contributed by atoms with E-state index in [4.69, 9.17) is 0 Å². The highest BCUT2D eigenvalue weighted by Crippen LogP contribution is 2.36. The molecule has 0 aliphatic carbocycles. The number of thiophene rings is 1. The zero-order chi connectivity index (χ0) is 11.1. The molecule has 0 unspecified atom stereocenters. The van der Waals surface area contributed by atoms with Crippen molar-refractivity contribution in [2.24, 2.45) is 0 Å². The zero-order valence-electron chi connectivity index (χ0n) is 9.40. The number of hydrogen-bond acceptors (Lipinski definition) is 2. The molecule has 1 nitrogen and oxygen atoms in total. The third-order valence-electron chi connectivity index (χ3n) is 2.91. The minimum Gasteiger partial charge on any atom is -0.255 e. The van der Waals surface area contributed by atoms with Crippen LogP contribution in [0, 0.1) is 0 Å². The van der Waals surface area contributed by atoms with Gasteiger partial charge in [-0.3, -0.25) is 4.98 Å². The Morgan fingerprint density at radius 1 is 1.12 bits per heavy atom. The molecular weight excluding hydrogens is 214 g/mol. The maximum Gasteiger partial charge on any atom is 0.0888 e. The van der Waals surface area contributed by atoms with Gasteiger partial charge in [0.25, 0.3) is 0 Å². The van der Waals surface area contributed by atoms with Gasteiger partial charge in [0.05, 0.1) is 10.2 Å². The molecule has 0 saturated heterocycles. The van der Waals surface area contributed by atoms with Crippen LogP contribution in [0.15, 0.2) is 36.5 Å². The van der Waals surface area contributed by atoms with Crippen LogP contribution < -0.4 is 0 Å². The summed E-state index contributed by atoms with van der Waals surface area (Å²) in [5.74, 6) is 0.566. The zero-order valence-corrected chi connectivity index (χ0v) is 10.2. The number of rotatable bonds is 1. The van der Waals surface area contributed by atoms with Crippen LogP contribution >= 0.6 is 11.3 Å². The molecule has 0 N–H and O–H groups in total. The fourth-order valence-corrected chi connectivity index (χ4v) is 3.42. The van der Waals surface area contributed by atoms with Crippen molar-refractivity contribution in [2.45, 2.75) is 19.8 Å². The van der Waals surface area contributed by atoms with E-state index in [-0.39, 0.29) is 0 Å². The van der Waals surface area contributed by atoms with E-state index in [9.17, 15) is 0 Å². The van der Waals surface area contributed by atoms with Gasteiger partial charge in [-0.2, -0.15) is 0 Å². The van der Waals surface area contributed by atoms with Gasteiger partial charge < -0.3 is 0 Å². The molecule has 2 heteroatoms. The topological polar surface area (TPSA) is 12.9 Å². The predicted molar refractivity (Wildman–Crippen MR) is 71.2 cm³/mol. The van der Waals surface area contributed by atoms with Crippen LogP contribution in [0.3, 0.4) is 0 Å². The van der Waals surface area contributed by atoms with E-state index in [1.54, 1.807) is 0 Å². The molecule has 0 fully saturated rings. The van der Waals surface area contributed by atoms with Gasteiger partial charge in [-0.05, 0) is 23.6 Å². The predicted octanol–water partition coefficient (Wildman–Crippen LogP) is 4.57. The van der Waals surface area contributed by atoms with Crippen molar-refractivity contribution in [1.29, 1.82) is 0 Å². The normalized spacial score (nSPS) is 11.7. The summed E-state index contributed by atoms with van der Waals surface area (Å²) in [5, 5.41) is 1.30. The summed E-state index contributed by atoms with van der Waals surface area (Å²) in [6.07, 6.45) is 1.87. The maximum absolute atomic E-state index is 4.48. The molecule has 16 heavy (non-hydrogen) atoms. The number of pyridine rings is 1. The highest BCUT2D eigenvalue weighted by molar-refractivity contribution is 7.25. The summed E-state index contributed by atoms with van der Waals surface area (Å²) >= 11 is 1.85. The van der Waals surface area contributed by atoms with Crippen molar-refractivity contribution in [3.63, 3.8) is 0 Å². The van der Waals surface area contributed by atoms with Gasteiger partial charge in [0, 0.05) is 16.3 Å². The molecule has 2 aromatic heterocycles. The third-order valence-corrected chi connectivity index (χ3v) is 4.11. The molecule has 0 aliphatic heterocycles. The Morgan fingerprint density at radius 2 is 2.00 bits per heavy atom. The lowest BCUT2D eigenvalue weighted by atomic mass is 10.0. The Hall–Kier alpha value is -1.41. The Bertz CT molecular complexity index is 652. The fourth-order valence-electron chi connectivity index (χ4n) is 2.10. The molecule has 0 saturated carbocycles. The molecular formula is C14H13NS. The van der Waals surface area contributed by atoms with Crippen LogP contribution in [0.4, 0.5) is 0 Å². The Balaban J connectivity index is 2.49. The van der Waals surface area contributed by atoms with E-state index in [0.29, 0.717) is 5.92 Å². The fraction of sp³-hybridized carbons (Fsp3) is 0.214. The largest absolute Gasteiger partial charge is 0.255 e. The van der Waals surface area contributed by atoms with Gasteiger partial charge in [0.15, 0.2) is 0 Å². The molecule has 0 bridgehead atoms. The summed E-state index contributed by atoms with van der Waals surface area (Å²) in [7, 11) is 0. The number of aromatic nitrogens is 1. The second kappa shape index (κ2) is 3.56. The van der Waals surface area contributed by atoms with E-state index >= 15 is 0 Å². The Labute approximate surface area is 98.7 Å². The van der Waals surface area contributed by atoms with Crippen LogP contribution in [0.2, 0.25) is 0 Å². The summed E-state index contributed by atoms with van der Waals surface area (Å²) < 4.78 is 2.68. The number of nitrogens with zero attached hydrogens (tertiary/aromatic N) is 1.